The van der Waals surface area contributed by atoms with Crippen LogP contribution in [0.4, 0.5) is 0 Å². The standard InChI is InChI=1S/C57H35N3O/c1-2-12-36(13-3-1)39-26-27-41-35-45(29-28-40(41)32-39)56-58-55(59-57(60-56)52-24-11-23-51-50-20-6-7-25-53(50)61-54(51)52)44-18-8-16-38(34-44)42-30-31-47-43(33-42)17-10-22-49(47)48-21-9-15-37-14-4-5-19-46(37)48/h1-35H. The van der Waals surface area contributed by atoms with Crippen LogP contribution in [0.2, 0.25) is 0 Å². The summed E-state index contributed by atoms with van der Waals surface area (Å²) in [6.45, 7) is 0. The maximum absolute atomic E-state index is 6.50. The molecule has 0 unspecified atom stereocenters. The molecule has 284 valence electrons. The third-order valence-corrected chi connectivity index (χ3v) is 11.9. The van der Waals surface area contributed by atoms with Crippen LogP contribution in [-0.2, 0) is 0 Å². The predicted octanol–water partition coefficient (Wildman–Crippen LogP) is 15.2. The third-order valence-electron chi connectivity index (χ3n) is 11.9. The van der Waals surface area contributed by atoms with Crippen LogP contribution in [0.3, 0.4) is 0 Å². The molecule has 0 fully saturated rings. The van der Waals surface area contributed by atoms with Crippen LogP contribution in [0.5, 0.6) is 0 Å². The number of fused-ring (bicyclic) bond motifs is 6. The fourth-order valence-electron chi connectivity index (χ4n) is 8.87. The van der Waals surface area contributed by atoms with Gasteiger partial charge in [-0.05, 0) is 102 Å². The van der Waals surface area contributed by atoms with Gasteiger partial charge in [-0.25, -0.2) is 15.0 Å². The van der Waals surface area contributed by atoms with Crippen molar-refractivity contribution in [1.29, 1.82) is 0 Å². The van der Waals surface area contributed by atoms with Gasteiger partial charge in [-0.15, -0.1) is 0 Å². The number of benzene rings is 10. The summed E-state index contributed by atoms with van der Waals surface area (Å²) in [7, 11) is 0. The number of nitrogens with zero attached hydrogens (tertiary/aromatic N) is 3. The van der Waals surface area contributed by atoms with Gasteiger partial charge in [0.2, 0.25) is 0 Å². The Bertz CT molecular complexity index is 3660. The molecule has 0 atom stereocenters. The molecular formula is C57H35N3O. The largest absolute Gasteiger partial charge is 0.455 e. The molecule has 2 aromatic heterocycles. The highest BCUT2D eigenvalue weighted by Crippen LogP contribution is 2.39. The molecule has 0 spiro atoms. The molecule has 0 saturated heterocycles. The lowest BCUT2D eigenvalue weighted by Crippen LogP contribution is -2.00. The first-order chi connectivity index (χ1) is 30.2. The van der Waals surface area contributed by atoms with Crippen molar-refractivity contribution in [3.05, 3.63) is 212 Å². The van der Waals surface area contributed by atoms with Gasteiger partial charge in [0.05, 0.1) is 5.56 Å². The van der Waals surface area contributed by atoms with Gasteiger partial charge in [0.25, 0.3) is 0 Å². The van der Waals surface area contributed by atoms with Crippen LogP contribution in [-0.4, -0.2) is 15.0 Å². The summed E-state index contributed by atoms with van der Waals surface area (Å²) in [6, 6.07) is 74.8. The number of hydrogen-bond acceptors (Lipinski definition) is 4. The first-order valence-corrected chi connectivity index (χ1v) is 20.6. The lowest BCUT2D eigenvalue weighted by atomic mass is 9.92. The summed E-state index contributed by atoms with van der Waals surface area (Å²) < 4.78 is 6.50. The van der Waals surface area contributed by atoms with Crippen LogP contribution in [0.15, 0.2) is 217 Å². The second-order valence-electron chi connectivity index (χ2n) is 15.6. The molecule has 0 amide bonds. The van der Waals surface area contributed by atoms with E-state index in [1.54, 1.807) is 0 Å². The Morgan fingerprint density at radius 2 is 0.754 bits per heavy atom. The van der Waals surface area contributed by atoms with E-state index < -0.39 is 0 Å². The predicted molar refractivity (Wildman–Crippen MR) is 252 cm³/mol. The zero-order valence-corrected chi connectivity index (χ0v) is 33.0. The van der Waals surface area contributed by atoms with Gasteiger partial charge in [0.1, 0.15) is 11.2 Å². The van der Waals surface area contributed by atoms with Crippen molar-refractivity contribution in [3.63, 3.8) is 0 Å². The number of hydrogen-bond donors (Lipinski definition) is 0. The molecule has 10 aromatic carbocycles. The average molecular weight is 778 g/mol. The number of furan rings is 1. The van der Waals surface area contributed by atoms with Gasteiger partial charge >= 0.3 is 0 Å². The van der Waals surface area contributed by atoms with Crippen molar-refractivity contribution in [3.8, 4) is 67.5 Å². The molecule has 12 aromatic rings. The molecule has 0 radical (unpaired) electrons. The van der Waals surface area contributed by atoms with Gasteiger partial charge in [-0.1, -0.05) is 176 Å². The number of para-hydroxylation sites is 2. The summed E-state index contributed by atoms with van der Waals surface area (Å²) in [6.07, 6.45) is 0. The van der Waals surface area contributed by atoms with Crippen LogP contribution in [0.1, 0.15) is 0 Å². The second-order valence-corrected chi connectivity index (χ2v) is 15.6. The number of aromatic nitrogens is 3. The Hall–Kier alpha value is -8.21. The van der Waals surface area contributed by atoms with Crippen LogP contribution in [0.25, 0.3) is 122 Å². The topological polar surface area (TPSA) is 51.8 Å². The van der Waals surface area contributed by atoms with E-state index in [0.29, 0.717) is 17.5 Å². The Morgan fingerprint density at radius 3 is 1.59 bits per heavy atom. The van der Waals surface area contributed by atoms with Crippen LogP contribution >= 0.6 is 0 Å². The van der Waals surface area contributed by atoms with E-state index >= 15 is 0 Å². The summed E-state index contributed by atoms with van der Waals surface area (Å²) in [5, 5.41) is 9.25. The molecule has 0 saturated carbocycles. The summed E-state index contributed by atoms with van der Waals surface area (Å²) in [5.41, 5.74) is 11.3. The second kappa shape index (κ2) is 14.3. The van der Waals surface area contributed by atoms with E-state index in [0.717, 1.165) is 60.5 Å². The van der Waals surface area contributed by atoms with Crippen molar-refractivity contribution < 1.29 is 4.42 Å². The summed E-state index contributed by atoms with van der Waals surface area (Å²) in [4.78, 5) is 15.6. The smallest absolute Gasteiger partial charge is 0.167 e. The molecule has 0 bridgehead atoms. The van der Waals surface area contributed by atoms with Crippen molar-refractivity contribution in [2.45, 2.75) is 0 Å². The Labute approximate surface area is 352 Å². The minimum Gasteiger partial charge on any atom is -0.455 e. The first kappa shape index (κ1) is 34.8. The Balaban J connectivity index is 0.984. The molecule has 4 heteroatoms. The Kier molecular flexibility index (Phi) is 8.13. The number of rotatable bonds is 6. The fraction of sp³-hybridized carbons (Fsp3) is 0. The fourth-order valence-corrected chi connectivity index (χ4v) is 8.87. The van der Waals surface area contributed by atoms with E-state index in [4.69, 9.17) is 19.4 Å². The van der Waals surface area contributed by atoms with Gasteiger partial charge in [-0.3, -0.25) is 0 Å². The molecular weight excluding hydrogens is 743 g/mol. The normalized spacial score (nSPS) is 11.6. The SMILES string of the molecule is c1ccc(-c2ccc3cc(-c4nc(-c5cccc(-c6ccc7c(-c8cccc9ccccc89)cccc7c6)c5)nc(-c5cccc6c5oc5ccccc56)n4)ccc3c2)cc1. The lowest BCUT2D eigenvalue weighted by Gasteiger charge is -2.13. The molecule has 12 rings (SSSR count). The molecule has 0 N–H and O–H groups in total. The summed E-state index contributed by atoms with van der Waals surface area (Å²) >= 11 is 0. The highest BCUT2D eigenvalue weighted by Gasteiger charge is 2.19. The van der Waals surface area contributed by atoms with E-state index in [1.165, 1.54) is 43.8 Å². The zero-order valence-electron chi connectivity index (χ0n) is 33.0. The average Bonchev–Trinajstić information content (AvgIpc) is 3.72. The van der Waals surface area contributed by atoms with Crippen molar-refractivity contribution in [1.82, 2.24) is 15.0 Å². The molecule has 0 aliphatic rings. The highest BCUT2D eigenvalue weighted by molar-refractivity contribution is 6.09. The van der Waals surface area contributed by atoms with Crippen molar-refractivity contribution >= 4 is 54.3 Å². The van der Waals surface area contributed by atoms with E-state index in [-0.39, 0.29) is 0 Å². The van der Waals surface area contributed by atoms with Gasteiger partial charge in [-0.2, -0.15) is 0 Å². The zero-order chi connectivity index (χ0) is 40.3. The monoisotopic (exact) mass is 777 g/mol. The maximum atomic E-state index is 6.50. The molecule has 61 heavy (non-hydrogen) atoms. The maximum Gasteiger partial charge on any atom is 0.167 e. The molecule has 4 nitrogen and oxygen atoms in total. The van der Waals surface area contributed by atoms with Crippen LogP contribution in [0, 0.1) is 0 Å². The van der Waals surface area contributed by atoms with E-state index in [1.807, 2.05) is 30.3 Å². The third kappa shape index (κ3) is 6.12. The van der Waals surface area contributed by atoms with Crippen LogP contribution < -0.4 is 0 Å². The van der Waals surface area contributed by atoms with Crippen molar-refractivity contribution in [2.75, 3.05) is 0 Å². The lowest BCUT2D eigenvalue weighted by molar-refractivity contribution is 0.669. The minimum atomic E-state index is 0.557. The molecule has 2 heterocycles. The van der Waals surface area contributed by atoms with Gasteiger partial charge < -0.3 is 4.42 Å². The highest BCUT2D eigenvalue weighted by atomic mass is 16.3. The van der Waals surface area contributed by atoms with Crippen molar-refractivity contribution in [2.24, 2.45) is 0 Å². The minimum absolute atomic E-state index is 0.557. The molecule has 0 aliphatic carbocycles. The summed E-state index contributed by atoms with van der Waals surface area (Å²) in [5.74, 6) is 1.74. The van der Waals surface area contributed by atoms with Gasteiger partial charge in [0.15, 0.2) is 17.5 Å². The van der Waals surface area contributed by atoms with Gasteiger partial charge in [0, 0.05) is 21.9 Å². The van der Waals surface area contributed by atoms with E-state index in [2.05, 4.69) is 182 Å². The van der Waals surface area contributed by atoms with E-state index in [9.17, 15) is 0 Å². The Morgan fingerprint density at radius 1 is 0.262 bits per heavy atom. The first-order valence-electron chi connectivity index (χ1n) is 20.6. The molecule has 0 aliphatic heterocycles. The quantitative estimate of drug-likeness (QED) is 0.169.